The molecule has 0 aromatic heterocycles. The molecule has 0 saturated heterocycles. The third-order valence-corrected chi connectivity index (χ3v) is 5.83. The molecule has 0 spiro atoms. The number of rotatable bonds is 12. The van der Waals surface area contributed by atoms with Crippen molar-refractivity contribution in [3.63, 3.8) is 0 Å². The zero-order valence-corrected chi connectivity index (χ0v) is 19.3. The Morgan fingerprint density at radius 3 is 1.97 bits per heavy atom. The molecule has 3 rings (SSSR count). The van der Waals surface area contributed by atoms with Crippen LogP contribution in [0.5, 0.6) is 5.75 Å². The predicted octanol–water partition coefficient (Wildman–Crippen LogP) is 8.99. The van der Waals surface area contributed by atoms with Crippen molar-refractivity contribution >= 4 is 0 Å². The summed E-state index contributed by atoms with van der Waals surface area (Å²) in [7, 11) is 0. The first-order valence-electron chi connectivity index (χ1n) is 11.9. The van der Waals surface area contributed by atoms with Crippen molar-refractivity contribution in [3.05, 3.63) is 77.9 Å². The zero-order chi connectivity index (χ0) is 22.8. The van der Waals surface area contributed by atoms with Gasteiger partial charge in [0.25, 0.3) is 0 Å². The molecule has 170 valence electrons. The van der Waals surface area contributed by atoms with Gasteiger partial charge in [0.2, 0.25) is 0 Å². The van der Waals surface area contributed by atoms with Crippen molar-refractivity contribution < 1.29 is 13.5 Å². The molecule has 3 aromatic carbocycles. The van der Waals surface area contributed by atoms with Gasteiger partial charge in [-0.05, 0) is 35.6 Å². The van der Waals surface area contributed by atoms with Gasteiger partial charge < -0.3 is 4.74 Å². The molecule has 0 aliphatic rings. The monoisotopic (exact) mass is 436 g/mol. The first-order valence-corrected chi connectivity index (χ1v) is 11.9. The Morgan fingerprint density at radius 2 is 1.28 bits per heavy atom. The van der Waals surface area contributed by atoms with Crippen LogP contribution in [0.3, 0.4) is 0 Å². The van der Waals surface area contributed by atoms with E-state index in [1.54, 1.807) is 6.07 Å². The van der Waals surface area contributed by atoms with Gasteiger partial charge in [-0.2, -0.15) is 0 Å². The van der Waals surface area contributed by atoms with E-state index in [1.165, 1.54) is 25.7 Å². The van der Waals surface area contributed by atoms with Crippen molar-refractivity contribution in [1.82, 2.24) is 0 Å². The molecule has 0 amide bonds. The first-order chi connectivity index (χ1) is 15.7. The molecule has 3 aromatic rings. The predicted molar refractivity (Wildman–Crippen MR) is 130 cm³/mol. The molecule has 0 aliphatic carbocycles. The van der Waals surface area contributed by atoms with E-state index >= 15 is 4.39 Å². The second kappa shape index (κ2) is 12.4. The van der Waals surface area contributed by atoms with Crippen LogP contribution in [0.2, 0.25) is 0 Å². The molecular formula is C29H34F2O. The molecule has 0 N–H and O–H groups in total. The summed E-state index contributed by atoms with van der Waals surface area (Å²) < 4.78 is 36.0. The molecular weight excluding hydrogens is 402 g/mol. The van der Waals surface area contributed by atoms with E-state index in [9.17, 15) is 4.39 Å². The molecule has 0 fully saturated rings. The van der Waals surface area contributed by atoms with Gasteiger partial charge in [0, 0.05) is 11.1 Å². The summed E-state index contributed by atoms with van der Waals surface area (Å²) in [6.07, 6.45) is 8.13. The highest BCUT2D eigenvalue weighted by molar-refractivity contribution is 5.72. The van der Waals surface area contributed by atoms with Crippen LogP contribution < -0.4 is 4.74 Å². The molecule has 1 nitrogen and oxygen atoms in total. The maximum atomic E-state index is 15.0. The maximum absolute atomic E-state index is 15.0. The Labute approximate surface area is 191 Å². The minimum absolute atomic E-state index is 0.250. The Morgan fingerprint density at radius 1 is 0.656 bits per heavy atom. The van der Waals surface area contributed by atoms with Crippen LogP contribution in [-0.4, -0.2) is 6.61 Å². The van der Waals surface area contributed by atoms with E-state index in [2.05, 4.69) is 6.92 Å². The van der Waals surface area contributed by atoms with Gasteiger partial charge in [0.15, 0.2) is 11.6 Å². The summed E-state index contributed by atoms with van der Waals surface area (Å²) >= 11 is 0. The zero-order valence-electron chi connectivity index (χ0n) is 19.3. The minimum atomic E-state index is -0.798. The highest BCUT2D eigenvalue weighted by atomic mass is 19.2. The van der Waals surface area contributed by atoms with E-state index in [0.717, 1.165) is 30.4 Å². The van der Waals surface area contributed by atoms with Gasteiger partial charge in [-0.15, -0.1) is 0 Å². The van der Waals surface area contributed by atoms with Crippen molar-refractivity contribution in [2.45, 2.75) is 65.2 Å². The van der Waals surface area contributed by atoms with E-state index < -0.39 is 11.6 Å². The summed E-state index contributed by atoms with van der Waals surface area (Å²) in [5.41, 5.74) is 3.37. The molecule has 0 aliphatic heterocycles. The number of benzene rings is 3. The quantitative estimate of drug-likeness (QED) is 0.257. The van der Waals surface area contributed by atoms with Crippen LogP contribution in [0.15, 0.2) is 60.7 Å². The highest BCUT2D eigenvalue weighted by Gasteiger charge is 2.20. The summed E-state index contributed by atoms with van der Waals surface area (Å²) in [5.74, 6) is -1.11. The normalized spacial score (nSPS) is 11.0. The molecule has 32 heavy (non-hydrogen) atoms. The third-order valence-electron chi connectivity index (χ3n) is 5.83. The Bertz CT molecular complexity index is 965. The van der Waals surface area contributed by atoms with Gasteiger partial charge >= 0.3 is 0 Å². The number of halogens is 2. The summed E-state index contributed by atoms with van der Waals surface area (Å²) in [6, 6.07) is 19.3. The van der Waals surface area contributed by atoms with Crippen molar-refractivity contribution in [2.24, 2.45) is 0 Å². The van der Waals surface area contributed by atoms with Crippen molar-refractivity contribution in [1.29, 1.82) is 0 Å². The Hall–Kier alpha value is -2.68. The van der Waals surface area contributed by atoms with Crippen LogP contribution in [0.25, 0.3) is 22.3 Å². The maximum Gasteiger partial charge on any atom is 0.167 e. The number of hydrogen-bond donors (Lipinski definition) is 0. The summed E-state index contributed by atoms with van der Waals surface area (Å²) in [4.78, 5) is 0. The van der Waals surface area contributed by atoms with Gasteiger partial charge in [0.05, 0.1) is 6.61 Å². The third kappa shape index (κ3) is 6.18. The molecule has 0 radical (unpaired) electrons. The van der Waals surface area contributed by atoms with Gasteiger partial charge in [-0.1, -0.05) is 107 Å². The highest BCUT2D eigenvalue weighted by Crippen LogP contribution is 2.35. The van der Waals surface area contributed by atoms with E-state index in [4.69, 9.17) is 4.74 Å². The van der Waals surface area contributed by atoms with Crippen molar-refractivity contribution in [2.75, 3.05) is 6.61 Å². The molecule has 0 heterocycles. The Kier molecular flexibility index (Phi) is 9.27. The van der Waals surface area contributed by atoms with Gasteiger partial charge in [-0.3, -0.25) is 0 Å². The average Bonchev–Trinajstić information content (AvgIpc) is 2.83. The SMILES string of the molecule is CCCCCCCCOc1cc(-c2ccc(-c3ccccc3)cc2)c(F)c(F)c1CCC. The fourth-order valence-corrected chi connectivity index (χ4v) is 4.00. The lowest BCUT2D eigenvalue weighted by molar-refractivity contribution is 0.298. The molecule has 3 heteroatoms. The second-order valence-corrected chi connectivity index (χ2v) is 8.34. The van der Waals surface area contributed by atoms with E-state index in [0.29, 0.717) is 29.9 Å². The summed E-state index contributed by atoms with van der Waals surface area (Å²) in [6.45, 7) is 4.69. The molecule has 0 bridgehead atoms. The fourth-order valence-electron chi connectivity index (χ4n) is 4.00. The molecule has 0 atom stereocenters. The van der Waals surface area contributed by atoms with Crippen molar-refractivity contribution in [3.8, 4) is 28.0 Å². The summed E-state index contributed by atoms with van der Waals surface area (Å²) in [5, 5.41) is 0. The molecule has 0 saturated carbocycles. The Balaban J connectivity index is 1.80. The number of hydrogen-bond acceptors (Lipinski definition) is 1. The lowest BCUT2D eigenvalue weighted by Gasteiger charge is -2.16. The fraction of sp³-hybridized carbons (Fsp3) is 0.379. The van der Waals surface area contributed by atoms with Gasteiger partial charge in [0.1, 0.15) is 5.75 Å². The van der Waals surface area contributed by atoms with Crippen LogP contribution in [-0.2, 0) is 6.42 Å². The van der Waals surface area contributed by atoms with Crippen LogP contribution >= 0.6 is 0 Å². The topological polar surface area (TPSA) is 9.23 Å². The van der Waals surface area contributed by atoms with Crippen LogP contribution in [0.1, 0.15) is 64.4 Å². The first kappa shape index (κ1) is 24.0. The second-order valence-electron chi connectivity index (χ2n) is 8.34. The number of unbranched alkanes of at least 4 members (excludes halogenated alkanes) is 5. The minimum Gasteiger partial charge on any atom is -0.493 e. The average molecular weight is 437 g/mol. The lowest BCUT2D eigenvalue weighted by atomic mass is 9.97. The van der Waals surface area contributed by atoms with E-state index in [1.807, 2.05) is 61.5 Å². The van der Waals surface area contributed by atoms with E-state index in [-0.39, 0.29) is 5.56 Å². The number of ether oxygens (including phenoxy) is 1. The van der Waals surface area contributed by atoms with Gasteiger partial charge in [-0.25, -0.2) is 8.78 Å². The standard InChI is InChI=1S/C29H34F2O/c1-3-5-6-7-8-12-20-32-27-21-26(29(31)28(30)25(27)13-4-2)24-18-16-23(17-19-24)22-14-10-9-11-15-22/h9-11,14-19,21H,3-8,12-13,20H2,1-2H3. The largest absolute Gasteiger partial charge is 0.493 e. The van der Waals surface area contributed by atoms with Crippen LogP contribution in [0, 0.1) is 11.6 Å². The smallest absolute Gasteiger partial charge is 0.167 e. The lowest BCUT2D eigenvalue weighted by Crippen LogP contribution is -2.05. The van der Waals surface area contributed by atoms with Crippen LogP contribution in [0.4, 0.5) is 8.78 Å². The molecule has 0 unspecified atom stereocenters.